The lowest BCUT2D eigenvalue weighted by molar-refractivity contribution is 0.240. The van der Waals surface area contributed by atoms with Crippen LogP contribution in [0, 0.1) is 5.92 Å². The third kappa shape index (κ3) is 4.32. The van der Waals surface area contributed by atoms with Gasteiger partial charge in [-0.25, -0.2) is 0 Å². The summed E-state index contributed by atoms with van der Waals surface area (Å²) in [6.07, 6.45) is 2.33. The van der Waals surface area contributed by atoms with Gasteiger partial charge in [0.2, 0.25) is 0 Å². The van der Waals surface area contributed by atoms with Gasteiger partial charge in [0.15, 0.2) is 0 Å². The first-order valence-electron chi connectivity index (χ1n) is 5.54. The third-order valence-corrected chi connectivity index (χ3v) is 4.67. The Morgan fingerprint density at radius 1 is 1.12 bits per heavy atom. The van der Waals surface area contributed by atoms with Gasteiger partial charge in [0.1, 0.15) is 5.75 Å². The number of rotatable bonds is 6. The summed E-state index contributed by atoms with van der Waals surface area (Å²) >= 11 is 10.1. The molecule has 0 aromatic heterocycles. The van der Waals surface area contributed by atoms with Crippen LogP contribution < -0.4 is 10.0 Å². The molecular weight excluding hydrogens is 255 g/mol. The molecule has 0 aliphatic rings. The second kappa shape index (κ2) is 7.16. The van der Waals surface area contributed by atoms with Gasteiger partial charge in [0.25, 0.3) is 0 Å². The second-order valence-corrected chi connectivity index (χ2v) is 7.66. The fraction of sp³-hybridized carbons (Fsp3) is 0.500. The van der Waals surface area contributed by atoms with Crippen LogP contribution in [-0.2, 0) is 23.6 Å². The zero-order valence-electron chi connectivity index (χ0n) is 9.68. The molecule has 0 N–H and O–H groups in total. The highest BCUT2D eigenvalue weighted by molar-refractivity contribution is 8.27. The van der Waals surface area contributed by atoms with Crippen molar-refractivity contribution < 1.29 is 4.74 Å². The second-order valence-electron chi connectivity index (χ2n) is 3.74. The highest BCUT2D eigenvalue weighted by Crippen LogP contribution is 2.15. The van der Waals surface area contributed by atoms with Gasteiger partial charge in [-0.2, -0.15) is 0 Å². The van der Waals surface area contributed by atoms with Crippen LogP contribution in [0.3, 0.4) is 0 Å². The average Bonchev–Trinajstić information content (AvgIpc) is 2.31. The molecule has 0 bridgehead atoms. The lowest BCUT2D eigenvalue weighted by Gasteiger charge is -2.13. The van der Waals surface area contributed by atoms with Crippen LogP contribution >= 0.6 is 5.47 Å². The molecule has 0 atom stereocenters. The first kappa shape index (κ1) is 13.8. The fourth-order valence-corrected chi connectivity index (χ4v) is 2.53. The van der Waals surface area contributed by atoms with Crippen LogP contribution in [0.25, 0.3) is 0 Å². The number of benzene rings is 1. The molecule has 1 aromatic carbocycles. The Kier molecular flexibility index (Phi) is 6.18. The molecule has 0 radical (unpaired) electrons. The molecule has 0 aliphatic heterocycles. The van der Waals surface area contributed by atoms with E-state index < -0.39 is 5.47 Å². The largest absolute Gasteiger partial charge is 0.493 e. The van der Waals surface area contributed by atoms with E-state index in [9.17, 15) is 0 Å². The van der Waals surface area contributed by atoms with Crippen LogP contribution in [0.1, 0.15) is 26.7 Å². The maximum atomic E-state index is 5.72. The summed E-state index contributed by atoms with van der Waals surface area (Å²) in [6.45, 7) is 5.19. The summed E-state index contributed by atoms with van der Waals surface area (Å²) in [6, 6.07) is 7.89. The average molecular weight is 272 g/mol. The summed E-state index contributed by atoms with van der Waals surface area (Å²) in [5.74, 6) is 1.56. The molecule has 4 heteroatoms. The topological polar surface area (TPSA) is 9.23 Å². The standard InChI is InChI=1S/C12H17OPS2/c1-3-10(4-2)9-13-11-5-7-12(8-6-11)14(15)16/h5-8,10H,3-4,9H2,1-2H3. The number of hydrogen-bond acceptors (Lipinski definition) is 3. The minimum absolute atomic E-state index is 0.648. The van der Waals surface area contributed by atoms with Gasteiger partial charge in [-0.3, -0.25) is 0 Å². The van der Waals surface area contributed by atoms with Crippen molar-refractivity contribution in [1.82, 2.24) is 0 Å². The highest BCUT2D eigenvalue weighted by atomic mass is 32.7. The molecule has 0 saturated carbocycles. The summed E-state index contributed by atoms with van der Waals surface area (Å²) in [7, 11) is 0. The third-order valence-electron chi connectivity index (χ3n) is 2.69. The van der Waals surface area contributed by atoms with Crippen molar-refractivity contribution in [3.63, 3.8) is 0 Å². The van der Waals surface area contributed by atoms with Crippen molar-refractivity contribution in [3.8, 4) is 5.75 Å². The van der Waals surface area contributed by atoms with Crippen molar-refractivity contribution in [2.24, 2.45) is 5.92 Å². The monoisotopic (exact) mass is 272 g/mol. The molecule has 1 rings (SSSR count). The van der Waals surface area contributed by atoms with Crippen molar-refractivity contribution in [2.75, 3.05) is 6.61 Å². The molecule has 0 aliphatic carbocycles. The number of hydrogen-bond donors (Lipinski definition) is 0. The molecule has 0 heterocycles. The van der Waals surface area contributed by atoms with Gasteiger partial charge >= 0.3 is 0 Å². The summed E-state index contributed by atoms with van der Waals surface area (Å²) in [5, 5.41) is 1.06. The summed E-state index contributed by atoms with van der Waals surface area (Å²) < 4.78 is 5.72. The van der Waals surface area contributed by atoms with E-state index in [-0.39, 0.29) is 0 Å². The molecule has 0 saturated heterocycles. The van der Waals surface area contributed by atoms with Crippen LogP contribution in [-0.4, -0.2) is 6.61 Å². The van der Waals surface area contributed by atoms with Crippen LogP contribution in [0.2, 0.25) is 0 Å². The quantitative estimate of drug-likeness (QED) is 0.733. The minimum Gasteiger partial charge on any atom is -0.493 e. The maximum Gasteiger partial charge on any atom is 0.119 e. The zero-order chi connectivity index (χ0) is 12.0. The minimum atomic E-state index is -0.825. The van der Waals surface area contributed by atoms with Gasteiger partial charge in [0, 0.05) is 10.8 Å². The SMILES string of the molecule is CCC(CC)COc1ccc(P(=S)=S)cc1. The van der Waals surface area contributed by atoms with Gasteiger partial charge < -0.3 is 4.74 Å². The van der Waals surface area contributed by atoms with Crippen molar-refractivity contribution in [2.45, 2.75) is 26.7 Å². The molecule has 0 unspecified atom stereocenters. The Bertz CT molecular complexity index is 373. The van der Waals surface area contributed by atoms with Crippen LogP contribution in [0.4, 0.5) is 0 Å². The molecule has 0 spiro atoms. The van der Waals surface area contributed by atoms with E-state index in [0.29, 0.717) is 5.92 Å². The van der Waals surface area contributed by atoms with E-state index in [1.165, 1.54) is 0 Å². The summed E-state index contributed by atoms with van der Waals surface area (Å²) in [4.78, 5) is 0. The van der Waals surface area contributed by atoms with Crippen molar-refractivity contribution >= 4 is 34.4 Å². The first-order valence-corrected chi connectivity index (χ1v) is 8.91. The predicted octanol–water partition coefficient (Wildman–Crippen LogP) is 3.53. The molecule has 1 nitrogen and oxygen atoms in total. The van der Waals surface area contributed by atoms with E-state index in [1.807, 2.05) is 24.3 Å². The lowest BCUT2D eigenvalue weighted by atomic mass is 10.1. The van der Waals surface area contributed by atoms with E-state index in [0.717, 1.165) is 30.5 Å². The first-order chi connectivity index (χ1) is 7.67. The Labute approximate surface area is 108 Å². The van der Waals surface area contributed by atoms with Gasteiger partial charge in [-0.05, 0) is 53.8 Å². The Balaban J connectivity index is 2.55. The van der Waals surface area contributed by atoms with Crippen LogP contribution in [0.5, 0.6) is 5.75 Å². The smallest absolute Gasteiger partial charge is 0.119 e. The fourth-order valence-electron chi connectivity index (χ4n) is 1.40. The van der Waals surface area contributed by atoms with E-state index in [1.54, 1.807) is 0 Å². The summed E-state index contributed by atoms with van der Waals surface area (Å²) in [5.41, 5.74) is -0.825. The molecule has 88 valence electrons. The van der Waals surface area contributed by atoms with Crippen molar-refractivity contribution in [3.05, 3.63) is 24.3 Å². The molecule has 0 fully saturated rings. The Morgan fingerprint density at radius 2 is 1.69 bits per heavy atom. The highest BCUT2D eigenvalue weighted by Gasteiger charge is 2.04. The van der Waals surface area contributed by atoms with Gasteiger partial charge in [-0.1, -0.05) is 26.7 Å². The van der Waals surface area contributed by atoms with E-state index >= 15 is 0 Å². The lowest BCUT2D eigenvalue weighted by Crippen LogP contribution is -2.10. The Hall–Kier alpha value is -0.240. The molecule has 16 heavy (non-hydrogen) atoms. The van der Waals surface area contributed by atoms with Crippen LogP contribution in [0.15, 0.2) is 24.3 Å². The normalized spacial score (nSPS) is 10.4. The zero-order valence-corrected chi connectivity index (χ0v) is 12.2. The van der Waals surface area contributed by atoms with E-state index in [4.69, 9.17) is 28.4 Å². The number of ether oxygens (including phenoxy) is 1. The molecular formula is C12H17OPS2. The maximum absolute atomic E-state index is 5.72. The Morgan fingerprint density at radius 3 is 2.12 bits per heavy atom. The molecule has 0 amide bonds. The predicted molar refractivity (Wildman–Crippen MR) is 77.3 cm³/mol. The van der Waals surface area contributed by atoms with E-state index in [2.05, 4.69) is 13.8 Å². The van der Waals surface area contributed by atoms with Crippen molar-refractivity contribution in [1.29, 1.82) is 0 Å². The van der Waals surface area contributed by atoms with Gasteiger partial charge in [-0.15, -0.1) is 0 Å². The van der Waals surface area contributed by atoms with Gasteiger partial charge in [0.05, 0.1) is 6.61 Å². The molecule has 1 aromatic rings.